The van der Waals surface area contributed by atoms with Crippen LogP contribution in [-0.4, -0.2) is 59.7 Å². The highest BCUT2D eigenvalue weighted by Gasteiger charge is 2.17. The topological polar surface area (TPSA) is 93.5 Å². The van der Waals surface area contributed by atoms with Gasteiger partial charge in [0.25, 0.3) is 0 Å². The zero-order chi connectivity index (χ0) is 26.5. The van der Waals surface area contributed by atoms with E-state index in [1.54, 1.807) is 25.4 Å². The molecule has 3 aromatic heterocycles. The molecule has 12 heteroatoms. The van der Waals surface area contributed by atoms with Gasteiger partial charge in [-0.1, -0.05) is 0 Å². The molecule has 2 amide bonds. The molecule has 0 atom stereocenters. The van der Waals surface area contributed by atoms with Crippen LogP contribution in [0.15, 0.2) is 42.7 Å². The molecular weight excluding hydrogens is 494 g/mol. The van der Waals surface area contributed by atoms with E-state index in [4.69, 9.17) is 9.47 Å². The Bertz CT molecular complexity index is 1390. The molecule has 3 heterocycles. The third-order valence-corrected chi connectivity index (χ3v) is 6.75. The number of hydrogen-bond donors (Lipinski definition) is 2. The van der Waals surface area contributed by atoms with Crippen molar-refractivity contribution in [2.45, 2.75) is 26.4 Å². The zero-order valence-corrected chi connectivity index (χ0v) is 22.4. The summed E-state index contributed by atoms with van der Waals surface area (Å²) in [5.41, 5.74) is 2.15. The summed E-state index contributed by atoms with van der Waals surface area (Å²) in [6.07, 6.45) is 3.51. The minimum absolute atomic E-state index is 0.0307. The van der Waals surface area contributed by atoms with Gasteiger partial charge in [0.1, 0.15) is 11.6 Å². The quantitative estimate of drug-likeness (QED) is 0.303. The van der Waals surface area contributed by atoms with Crippen molar-refractivity contribution in [3.05, 3.63) is 54.2 Å². The van der Waals surface area contributed by atoms with Crippen LogP contribution >= 0.6 is 11.3 Å². The first-order valence-electron chi connectivity index (χ1n) is 11.9. The minimum atomic E-state index is -0.588. The summed E-state index contributed by atoms with van der Waals surface area (Å²) in [4.78, 5) is 24.1. The van der Waals surface area contributed by atoms with Crippen LogP contribution < -0.4 is 15.4 Å². The molecule has 1 aromatic carbocycles. The molecule has 0 saturated heterocycles. The summed E-state index contributed by atoms with van der Waals surface area (Å²) >= 11 is 1.49. The Kier molecular flexibility index (Phi) is 8.42. The maximum atomic E-state index is 14.8. The van der Waals surface area contributed by atoms with Crippen LogP contribution in [-0.2, 0) is 18.3 Å². The van der Waals surface area contributed by atoms with E-state index >= 15 is 0 Å². The molecule has 0 aliphatic carbocycles. The van der Waals surface area contributed by atoms with E-state index in [0.29, 0.717) is 18.0 Å². The zero-order valence-electron chi connectivity index (χ0n) is 21.5. The number of methoxy groups -OCH3 is 1. The maximum Gasteiger partial charge on any atom is 0.319 e. The number of imidazole rings is 1. The normalized spacial score (nSPS) is 11.4. The first-order valence-corrected chi connectivity index (χ1v) is 12.7. The van der Waals surface area contributed by atoms with E-state index in [2.05, 4.69) is 30.0 Å². The third kappa shape index (κ3) is 6.45. The number of amides is 2. The standard InChI is InChI=1S/C25H30BFN6O3S/c1-15(2)30-25(34)31-16-5-6-20(18(27)11-16)36-21-7-8-28-19-12-22(37-23(19)21)24-29-13-17(32(24)3)14-33(26)9-10-35-4/h5-8,11-13,15H,9-10,14,26H2,1-4H3,(H2,30,31,34). The van der Waals surface area contributed by atoms with Crippen molar-refractivity contribution in [3.63, 3.8) is 0 Å². The maximum absolute atomic E-state index is 14.8. The number of aromatic nitrogens is 3. The number of carbonyl (C=O) groups excluding carboxylic acids is 1. The average molecular weight is 524 g/mol. The number of benzene rings is 1. The Labute approximate surface area is 220 Å². The molecule has 0 unspecified atom stereocenters. The monoisotopic (exact) mass is 524 g/mol. The van der Waals surface area contributed by atoms with Gasteiger partial charge in [0.15, 0.2) is 19.5 Å². The molecule has 0 spiro atoms. The van der Waals surface area contributed by atoms with Gasteiger partial charge in [-0.3, -0.25) is 4.98 Å². The fourth-order valence-electron chi connectivity index (χ4n) is 3.74. The molecule has 2 N–H and O–H groups in total. The van der Waals surface area contributed by atoms with Crippen molar-refractivity contribution in [1.82, 2.24) is 24.7 Å². The van der Waals surface area contributed by atoms with Crippen LogP contribution in [0.3, 0.4) is 0 Å². The summed E-state index contributed by atoms with van der Waals surface area (Å²) in [5.74, 6) is 0.781. The molecule has 0 fully saturated rings. The number of carbonyl (C=O) groups is 1. The van der Waals surface area contributed by atoms with Crippen LogP contribution in [0.2, 0.25) is 0 Å². The number of hydrogen-bond acceptors (Lipinski definition) is 7. The van der Waals surface area contributed by atoms with Gasteiger partial charge < -0.3 is 29.5 Å². The number of rotatable bonds is 10. The predicted octanol–water partition coefficient (Wildman–Crippen LogP) is 4.15. The molecule has 4 aromatic rings. The van der Waals surface area contributed by atoms with Crippen LogP contribution in [0, 0.1) is 5.82 Å². The highest BCUT2D eigenvalue weighted by molar-refractivity contribution is 7.22. The smallest absolute Gasteiger partial charge is 0.319 e. The predicted molar refractivity (Wildman–Crippen MR) is 146 cm³/mol. The van der Waals surface area contributed by atoms with E-state index in [9.17, 15) is 9.18 Å². The average Bonchev–Trinajstić information content (AvgIpc) is 3.43. The minimum Gasteiger partial charge on any atom is -0.453 e. The number of nitrogens with zero attached hydrogens (tertiary/aromatic N) is 4. The second-order valence-electron chi connectivity index (χ2n) is 9.00. The fraction of sp³-hybridized carbons (Fsp3) is 0.320. The largest absolute Gasteiger partial charge is 0.453 e. The summed E-state index contributed by atoms with van der Waals surface area (Å²) in [6, 6.07) is 7.55. The summed E-state index contributed by atoms with van der Waals surface area (Å²) in [6.45, 7) is 5.92. The lowest BCUT2D eigenvalue weighted by atomic mass is 10.2. The Hall–Kier alpha value is -3.48. The molecule has 9 nitrogen and oxygen atoms in total. The second kappa shape index (κ2) is 11.7. The molecule has 37 heavy (non-hydrogen) atoms. The Morgan fingerprint density at radius 1 is 1.24 bits per heavy atom. The number of pyridine rings is 1. The van der Waals surface area contributed by atoms with Crippen LogP contribution in [0.1, 0.15) is 19.5 Å². The molecule has 0 bridgehead atoms. The lowest BCUT2D eigenvalue weighted by molar-refractivity contribution is 0.178. The van der Waals surface area contributed by atoms with Gasteiger partial charge in [0.05, 0.1) is 33.6 Å². The van der Waals surface area contributed by atoms with E-state index in [-0.39, 0.29) is 11.8 Å². The van der Waals surface area contributed by atoms with Crippen molar-refractivity contribution in [1.29, 1.82) is 0 Å². The Balaban J connectivity index is 1.54. The Morgan fingerprint density at radius 3 is 2.78 bits per heavy atom. The molecule has 0 aliphatic heterocycles. The number of ether oxygens (including phenoxy) is 2. The SMILES string of the molecule is BN(CCOC)Cc1cnc(-c2cc3nccc(Oc4ccc(NC(=O)NC(C)C)cc4F)c3s2)n1C. The summed E-state index contributed by atoms with van der Waals surface area (Å²) in [5, 5.41) is 5.31. The highest BCUT2D eigenvalue weighted by atomic mass is 32.1. The highest BCUT2D eigenvalue weighted by Crippen LogP contribution is 2.39. The first kappa shape index (κ1) is 26.6. The summed E-state index contributed by atoms with van der Waals surface area (Å²) in [7, 11) is 5.73. The molecular formula is C25H30BFN6O3S. The van der Waals surface area contributed by atoms with E-state index in [0.717, 1.165) is 39.7 Å². The number of anilines is 1. The molecule has 0 radical (unpaired) electrons. The fourth-order valence-corrected chi connectivity index (χ4v) is 4.84. The number of halogens is 1. The lowest BCUT2D eigenvalue weighted by Gasteiger charge is -2.16. The van der Waals surface area contributed by atoms with Crippen molar-refractivity contribution in [2.24, 2.45) is 7.05 Å². The number of fused-ring (bicyclic) bond motifs is 1. The number of nitrogens with one attached hydrogen (secondary N) is 2. The van der Waals surface area contributed by atoms with Gasteiger partial charge in [-0.15, -0.1) is 11.3 Å². The molecule has 194 valence electrons. The van der Waals surface area contributed by atoms with Crippen LogP contribution in [0.5, 0.6) is 11.5 Å². The van der Waals surface area contributed by atoms with Crippen molar-refractivity contribution >= 4 is 41.3 Å². The first-order chi connectivity index (χ1) is 17.7. The summed E-state index contributed by atoms with van der Waals surface area (Å²) < 4.78 is 28.8. The van der Waals surface area contributed by atoms with E-state index in [1.807, 2.05) is 41.1 Å². The second-order valence-corrected chi connectivity index (χ2v) is 10.0. The molecule has 0 saturated carbocycles. The van der Waals surface area contributed by atoms with Crippen LogP contribution in [0.4, 0.5) is 14.9 Å². The van der Waals surface area contributed by atoms with Crippen molar-refractivity contribution < 1.29 is 18.7 Å². The Morgan fingerprint density at radius 2 is 2.05 bits per heavy atom. The van der Waals surface area contributed by atoms with Gasteiger partial charge in [0, 0.05) is 57.3 Å². The van der Waals surface area contributed by atoms with E-state index in [1.165, 1.54) is 23.5 Å². The number of urea groups is 1. The van der Waals surface area contributed by atoms with Gasteiger partial charge >= 0.3 is 6.03 Å². The molecule has 4 rings (SSSR count). The third-order valence-electron chi connectivity index (χ3n) is 5.62. The van der Waals surface area contributed by atoms with Gasteiger partial charge in [-0.2, -0.15) is 0 Å². The van der Waals surface area contributed by atoms with Crippen molar-refractivity contribution in [3.8, 4) is 22.2 Å². The van der Waals surface area contributed by atoms with E-state index < -0.39 is 11.8 Å². The number of thiophene rings is 1. The van der Waals surface area contributed by atoms with Gasteiger partial charge in [-0.05, 0) is 32.0 Å². The van der Waals surface area contributed by atoms with Crippen LogP contribution in [0.25, 0.3) is 20.9 Å². The van der Waals surface area contributed by atoms with Gasteiger partial charge in [0.2, 0.25) is 0 Å². The lowest BCUT2D eigenvalue weighted by Crippen LogP contribution is -2.34. The van der Waals surface area contributed by atoms with Crippen molar-refractivity contribution in [2.75, 3.05) is 25.6 Å². The molecule has 0 aliphatic rings. The van der Waals surface area contributed by atoms with Gasteiger partial charge in [-0.25, -0.2) is 14.2 Å².